The summed E-state index contributed by atoms with van der Waals surface area (Å²) in [6, 6.07) is 5.23. The summed E-state index contributed by atoms with van der Waals surface area (Å²) < 4.78 is 5.25. The summed E-state index contributed by atoms with van der Waals surface area (Å²) in [6.45, 7) is 1.43. The van der Waals surface area contributed by atoms with Crippen molar-refractivity contribution in [3.05, 3.63) is 18.2 Å². The van der Waals surface area contributed by atoms with E-state index in [0.717, 1.165) is 19.3 Å². The fourth-order valence-corrected chi connectivity index (χ4v) is 2.85. The van der Waals surface area contributed by atoms with Crippen LogP contribution >= 0.6 is 0 Å². The van der Waals surface area contributed by atoms with Crippen LogP contribution in [-0.4, -0.2) is 25.0 Å². The Morgan fingerprint density at radius 3 is 2.68 bits per heavy atom. The third-order valence-electron chi connectivity index (χ3n) is 3.96. The molecule has 0 aliphatic heterocycles. The maximum absolute atomic E-state index is 12.2. The number of rotatable bonds is 5. The topological polar surface area (TPSA) is 93.5 Å². The van der Waals surface area contributed by atoms with Crippen LogP contribution in [0.25, 0.3) is 0 Å². The predicted molar refractivity (Wildman–Crippen MR) is 85.9 cm³/mol. The average Bonchev–Trinajstić information content (AvgIpc) is 2.84. The number of amides is 2. The van der Waals surface area contributed by atoms with Crippen molar-refractivity contribution in [2.24, 2.45) is 11.7 Å². The molecule has 1 aliphatic rings. The van der Waals surface area contributed by atoms with Crippen molar-refractivity contribution in [1.29, 1.82) is 0 Å². The van der Waals surface area contributed by atoms with Gasteiger partial charge in [0.25, 0.3) is 0 Å². The molecular weight excluding hydrogens is 282 g/mol. The smallest absolute Gasteiger partial charge is 0.224 e. The molecule has 2 rings (SSSR count). The van der Waals surface area contributed by atoms with Crippen LogP contribution in [0.5, 0.6) is 5.75 Å². The lowest BCUT2D eigenvalue weighted by atomic mass is 10.00. The fourth-order valence-electron chi connectivity index (χ4n) is 2.85. The van der Waals surface area contributed by atoms with Gasteiger partial charge in [-0.2, -0.15) is 0 Å². The van der Waals surface area contributed by atoms with E-state index in [2.05, 4.69) is 10.6 Å². The molecule has 1 aromatic rings. The van der Waals surface area contributed by atoms with E-state index < -0.39 is 0 Å². The minimum Gasteiger partial charge on any atom is -0.495 e. The normalized spacial score (nSPS) is 20.5. The molecule has 0 heterocycles. The van der Waals surface area contributed by atoms with Gasteiger partial charge in [-0.3, -0.25) is 9.59 Å². The SMILES string of the molecule is COc1ccc(NC(C)=O)cc1NC(=O)C[C@@H]1CCC[C@H]1N. The molecule has 0 saturated heterocycles. The lowest BCUT2D eigenvalue weighted by molar-refractivity contribution is -0.117. The molecule has 0 radical (unpaired) electrons. The molecule has 0 aromatic heterocycles. The molecule has 0 unspecified atom stereocenters. The van der Waals surface area contributed by atoms with Crippen molar-refractivity contribution >= 4 is 23.2 Å². The zero-order valence-electron chi connectivity index (χ0n) is 13.0. The first-order valence-electron chi connectivity index (χ1n) is 7.50. The molecule has 6 heteroatoms. The number of hydrogen-bond donors (Lipinski definition) is 3. The summed E-state index contributed by atoms with van der Waals surface area (Å²) in [4.78, 5) is 23.3. The maximum Gasteiger partial charge on any atom is 0.224 e. The number of benzene rings is 1. The largest absolute Gasteiger partial charge is 0.495 e. The molecule has 22 heavy (non-hydrogen) atoms. The van der Waals surface area contributed by atoms with Gasteiger partial charge in [0.05, 0.1) is 12.8 Å². The van der Waals surface area contributed by atoms with Crippen LogP contribution in [0.15, 0.2) is 18.2 Å². The van der Waals surface area contributed by atoms with E-state index in [1.165, 1.54) is 14.0 Å². The van der Waals surface area contributed by atoms with Crippen LogP contribution in [0, 0.1) is 5.92 Å². The van der Waals surface area contributed by atoms with Crippen molar-refractivity contribution in [1.82, 2.24) is 0 Å². The minimum atomic E-state index is -0.167. The highest BCUT2D eigenvalue weighted by Crippen LogP contribution is 2.30. The van der Waals surface area contributed by atoms with Crippen LogP contribution in [0.4, 0.5) is 11.4 Å². The molecule has 1 aromatic carbocycles. The van der Waals surface area contributed by atoms with Crippen molar-refractivity contribution in [2.75, 3.05) is 17.7 Å². The van der Waals surface area contributed by atoms with Gasteiger partial charge in [0.1, 0.15) is 5.75 Å². The van der Waals surface area contributed by atoms with E-state index in [4.69, 9.17) is 10.5 Å². The van der Waals surface area contributed by atoms with Crippen LogP contribution in [0.2, 0.25) is 0 Å². The Bertz CT molecular complexity index is 560. The van der Waals surface area contributed by atoms with Gasteiger partial charge in [-0.25, -0.2) is 0 Å². The molecule has 2 amide bonds. The van der Waals surface area contributed by atoms with Crippen LogP contribution in [0.3, 0.4) is 0 Å². The zero-order chi connectivity index (χ0) is 16.1. The van der Waals surface area contributed by atoms with Gasteiger partial charge in [0.2, 0.25) is 11.8 Å². The third-order valence-corrected chi connectivity index (χ3v) is 3.96. The summed E-state index contributed by atoms with van der Waals surface area (Å²) in [7, 11) is 1.54. The molecule has 120 valence electrons. The van der Waals surface area contributed by atoms with Crippen LogP contribution in [-0.2, 0) is 9.59 Å². The summed E-state index contributed by atoms with van der Waals surface area (Å²) in [5, 5.41) is 5.54. The van der Waals surface area contributed by atoms with Gasteiger partial charge < -0.3 is 21.1 Å². The molecule has 0 bridgehead atoms. The number of methoxy groups -OCH3 is 1. The number of hydrogen-bond acceptors (Lipinski definition) is 4. The number of nitrogens with one attached hydrogen (secondary N) is 2. The van der Waals surface area contributed by atoms with E-state index in [1.54, 1.807) is 18.2 Å². The highest BCUT2D eigenvalue weighted by atomic mass is 16.5. The highest BCUT2D eigenvalue weighted by Gasteiger charge is 2.26. The second kappa shape index (κ2) is 7.26. The van der Waals surface area contributed by atoms with Crippen LogP contribution < -0.4 is 21.1 Å². The van der Waals surface area contributed by atoms with E-state index in [-0.39, 0.29) is 23.8 Å². The Morgan fingerprint density at radius 1 is 1.32 bits per heavy atom. The lowest BCUT2D eigenvalue weighted by Gasteiger charge is -2.16. The fraction of sp³-hybridized carbons (Fsp3) is 0.500. The van der Waals surface area contributed by atoms with Gasteiger partial charge >= 0.3 is 0 Å². The average molecular weight is 305 g/mol. The van der Waals surface area contributed by atoms with Gasteiger partial charge in [0.15, 0.2) is 0 Å². The Labute approximate surface area is 130 Å². The minimum absolute atomic E-state index is 0.0828. The summed E-state index contributed by atoms with van der Waals surface area (Å²) in [6.07, 6.45) is 3.48. The second-order valence-corrected chi connectivity index (χ2v) is 5.70. The zero-order valence-corrected chi connectivity index (χ0v) is 13.0. The third kappa shape index (κ3) is 4.21. The molecule has 1 aliphatic carbocycles. The number of carbonyl (C=O) groups is 2. The van der Waals surface area contributed by atoms with E-state index in [1.807, 2.05) is 0 Å². The Balaban J connectivity index is 2.06. The van der Waals surface area contributed by atoms with Gasteiger partial charge in [-0.1, -0.05) is 6.42 Å². The Morgan fingerprint density at radius 2 is 2.09 bits per heavy atom. The van der Waals surface area contributed by atoms with Crippen molar-refractivity contribution < 1.29 is 14.3 Å². The molecule has 0 spiro atoms. The predicted octanol–water partition coefficient (Wildman–Crippen LogP) is 2.11. The molecule has 1 fully saturated rings. The van der Waals surface area contributed by atoms with E-state index >= 15 is 0 Å². The Hall–Kier alpha value is -2.08. The number of nitrogens with two attached hydrogens (primary N) is 1. The lowest BCUT2D eigenvalue weighted by Crippen LogP contribution is -2.28. The molecule has 1 saturated carbocycles. The maximum atomic E-state index is 12.2. The summed E-state index contributed by atoms with van der Waals surface area (Å²) in [5.74, 6) is 0.544. The van der Waals surface area contributed by atoms with Crippen molar-refractivity contribution in [3.8, 4) is 5.75 Å². The Kier molecular flexibility index (Phi) is 5.38. The van der Waals surface area contributed by atoms with E-state index in [9.17, 15) is 9.59 Å². The van der Waals surface area contributed by atoms with Gasteiger partial charge in [-0.15, -0.1) is 0 Å². The van der Waals surface area contributed by atoms with Gasteiger partial charge in [0, 0.05) is 25.1 Å². The first-order valence-corrected chi connectivity index (χ1v) is 7.50. The van der Waals surface area contributed by atoms with Crippen molar-refractivity contribution in [2.45, 2.75) is 38.6 Å². The number of anilines is 2. The van der Waals surface area contributed by atoms with Crippen LogP contribution in [0.1, 0.15) is 32.6 Å². The number of ether oxygens (including phenoxy) is 1. The molecular formula is C16H23N3O3. The highest BCUT2D eigenvalue weighted by molar-refractivity contribution is 5.95. The molecule has 4 N–H and O–H groups in total. The number of carbonyl (C=O) groups excluding carboxylic acids is 2. The van der Waals surface area contributed by atoms with Gasteiger partial charge in [-0.05, 0) is 37.0 Å². The van der Waals surface area contributed by atoms with Crippen molar-refractivity contribution in [3.63, 3.8) is 0 Å². The first-order chi connectivity index (χ1) is 10.5. The first kappa shape index (κ1) is 16.3. The van der Waals surface area contributed by atoms with E-state index in [0.29, 0.717) is 23.5 Å². The molecule has 2 atom stereocenters. The summed E-state index contributed by atoms with van der Waals surface area (Å²) >= 11 is 0. The monoisotopic (exact) mass is 305 g/mol. The molecule has 6 nitrogen and oxygen atoms in total. The standard InChI is InChI=1S/C16H23N3O3/c1-10(20)18-12-6-7-15(22-2)14(9-12)19-16(21)8-11-4-3-5-13(11)17/h6-7,9,11,13H,3-5,8,17H2,1-2H3,(H,18,20)(H,19,21)/t11-,13+/m0/s1. The second-order valence-electron chi connectivity index (χ2n) is 5.70. The summed E-state index contributed by atoms with van der Waals surface area (Å²) in [5.41, 5.74) is 7.16. The quantitative estimate of drug-likeness (QED) is 0.776.